The second-order valence-corrected chi connectivity index (χ2v) is 8.06. The number of nitriles is 1. The molecule has 5 rings (SSSR count). The Balaban J connectivity index is 1.45. The number of nitrogens with zero attached hydrogens (tertiary/aromatic N) is 7. The number of aryl methyl sites for hydroxylation is 2. The molecule has 2 aliphatic rings. The molecule has 0 unspecified atom stereocenters. The van der Waals surface area contributed by atoms with Crippen molar-refractivity contribution in [1.82, 2.24) is 19.7 Å². The van der Waals surface area contributed by atoms with Crippen molar-refractivity contribution in [3.05, 3.63) is 58.7 Å². The zero-order valence-corrected chi connectivity index (χ0v) is 17.4. The van der Waals surface area contributed by atoms with Gasteiger partial charge in [0.1, 0.15) is 17.7 Å². The lowest BCUT2D eigenvalue weighted by Crippen LogP contribution is -2.33. The van der Waals surface area contributed by atoms with Crippen LogP contribution in [0.2, 0.25) is 0 Å². The molecule has 0 saturated heterocycles. The van der Waals surface area contributed by atoms with Crippen LogP contribution in [0.4, 0.5) is 30.5 Å². The molecule has 164 valence electrons. The monoisotopic (exact) mass is 439 g/mol. The van der Waals surface area contributed by atoms with Crippen LogP contribution in [0.1, 0.15) is 34.5 Å². The van der Waals surface area contributed by atoms with E-state index in [0.29, 0.717) is 37.4 Å². The first-order chi connectivity index (χ1) is 15.3. The average molecular weight is 439 g/mol. The molecule has 0 saturated carbocycles. The van der Waals surface area contributed by atoms with Gasteiger partial charge in [0, 0.05) is 50.6 Å². The van der Waals surface area contributed by atoms with E-state index in [9.17, 15) is 13.2 Å². The van der Waals surface area contributed by atoms with Gasteiger partial charge in [0.2, 0.25) is 0 Å². The smallest absolute Gasteiger partial charge is 0.352 e. The van der Waals surface area contributed by atoms with Crippen molar-refractivity contribution in [3.63, 3.8) is 0 Å². The van der Waals surface area contributed by atoms with Gasteiger partial charge in [-0.15, -0.1) is 0 Å². The van der Waals surface area contributed by atoms with E-state index in [1.165, 1.54) is 4.68 Å². The van der Waals surface area contributed by atoms with Gasteiger partial charge in [-0.3, -0.25) is 4.98 Å². The fourth-order valence-electron chi connectivity index (χ4n) is 4.38. The van der Waals surface area contributed by atoms with E-state index in [0.717, 1.165) is 47.4 Å². The Labute approximate surface area is 182 Å². The molecule has 0 spiro atoms. The first-order valence-corrected chi connectivity index (χ1v) is 10.4. The summed E-state index contributed by atoms with van der Waals surface area (Å²) in [4.78, 5) is 13.1. The quantitative estimate of drug-likeness (QED) is 0.602. The van der Waals surface area contributed by atoms with E-state index in [2.05, 4.69) is 26.0 Å². The number of alkyl halides is 3. The van der Waals surface area contributed by atoms with Crippen LogP contribution >= 0.6 is 0 Å². The molecular formula is C22H20F3N7. The van der Waals surface area contributed by atoms with Crippen LogP contribution in [0.5, 0.6) is 0 Å². The fourth-order valence-corrected chi connectivity index (χ4v) is 4.38. The summed E-state index contributed by atoms with van der Waals surface area (Å²) >= 11 is 0. The summed E-state index contributed by atoms with van der Waals surface area (Å²) in [5, 5.41) is 12.8. The lowest BCUT2D eigenvalue weighted by molar-refractivity contribution is -0.141. The van der Waals surface area contributed by atoms with Gasteiger partial charge in [-0.05, 0) is 36.6 Å². The number of aromatic nitrogens is 4. The standard InChI is InChI=1S/C22H20F3N7/c1-14-7-15(10-26)11-28-21(14)30-6-3-18-16(13-30)8-17(12-27-18)31-4-2-5-32-20(31)9-19(29-32)22(23,24)25/h7-9,11-12H,2-6,13H2,1H3. The molecule has 0 aromatic carbocycles. The molecular weight excluding hydrogens is 419 g/mol. The van der Waals surface area contributed by atoms with E-state index in [1.807, 2.05) is 24.0 Å². The molecule has 0 amide bonds. The third-order valence-electron chi connectivity index (χ3n) is 5.89. The topological polar surface area (TPSA) is 73.9 Å². The van der Waals surface area contributed by atoms with Crippen molar-refractivity contribution in [2.75, 3.05) is 22.9 Å². The number of halogens is 3. The lowest BCUT2D eigenvalue weighted by atomic mass is 10.0. The number of hydrogen-bond donors (Lipinski definition) is 0. The van der Waals surface area contributed by atoms with Crippen LogP contribution in [-0.2, 0) is 25.7 Å². The second-order valence-electron chi connectivity index (χ2n) is 8.06. The number of pyridine rings is 2. The van der Waals surface area contributed by atoms with Gasteiger partial charge in [-0.25, -0.2) is 9.67 Å². The highest BCUT2D eigenvalue weighted by Gasteiger charge is 2.36. The predicted octanol–water partition coefficient (Wildman–Crippen LogP) is 3.98. The van der Waals surface area contributed by atoms with Gasteiger partial charge in [-0.1, -0.05) is 0 Å². The number of rotatable bonds is 2. The third kappa shape index (κ3) is 3.53. The molecule has 7 nitrogen and oxygen atoms in total. The van der Waals surface area contributed by atoms with Crippen LogP contribution in [-0.4, -0.2) is 32.8 Å². The maximum Gasteiger partial charge on any atom is 0.435 e. The maximum atomic E-state index is 13.2. The molecule has 2 aliphatic heterocycles. The summed E-state index contributed by atoms with van der Waals surface area (Å²) in [5.41, 5.74) is 3.33. The minimum Gasteiger partial charge on any atom is -0.352 e. The summed E-state index contributed by atoms with van der Waals surface area (Å²) in [7, 11) is 0. The average Bonchev–Trinajstić information content (AvgIpc) is 3.23. The third-order valence-corrected chi connectivity index (χ3v) is 5.89. The molecule has 10 heteroatoms. The highest BCUT2D eigenvalue weighted by Crippen LogP contribution is 2.36. The predicted molar refractivity (Wildman–Crippen MR) is 112 cm³/mol. The highest BCUT2D eigenvalue weighted by atomic mass is 19.4. The zero-order valence-electron chi connectivity index (χ0n) is 17.4. The Morgan fingerprint density at radius 1 is 1.06 bits per heavy atom. The summed E-state index contributed by atoms with van der Waals surface area (Å²) in [6.45, 7) is 4.34. The van der Waals surface area contributed by atoms with Gasteiger partial charge in [0.05, 0.1) is 17.4 Å². The first kappa shape index (κ1) is 20.3. The van der Waals surface area contributed by atoms with Crippen LogP contribution in [0.25, 0.3) is 0 Å². The lowest BCUT2D eigenvalue weighted by Gasteiger charge is -2.33. The van der Waals surface area contributed by atoms with Crippen molar-refractivity contribution < 1.29 is 13.2 Å². The summed E-state index contributed by atoms with van der Waals surface area (Å²) in [6.07, 6.45) is 0.266. The Kier molecular flexibility index (Phi) is 4.77. The minimum absolute atomic E-state index is 0.433. The molecule has 0 atom stereocenters. The van der Waals surface area contributed by atoms with Crippen molar-refractivity contribution in [1.29, 1.82) is 5.26 Å². The van der Waals surface area contributed by atoms with Crippen LogP contribution in [0, 0.1) is 18.3 Å². The second kappa shape index (κ2) is 7.51. The molecule has 3 aromatic heterocycles. The number of fused-ring (bicyclic) bond motifs is 2. The van der Waals surface area contributed by atoms with Gasteiger partial charge >= 0.3 is 6.18 Å². The van der Waals surface area contributed by atoms with Crippen molar-refractivity contribution in [2.24, 2.45) is 0 Å². The minimum atomic E-state index is -4.48. The van der Waals surface area contributed by atoms with Gasteiger partial charge in [-0.2, -0.15) is 23.5 Å². The first-order valence-electron chi connectivity index (χ1n) is 10.4. The van der Waals surface area contributed by atoms with E-state index in [-0.39, 0.29) is 0 Å². The van der Waals surface area contributed by atoms with E-state index in [1.54, 1.807) is 12.4 Å². The molecule has 0 fully saturated rings. The Morgan fingerprint density at radius 3 is 2.66 bits per heavy atom. The molecule has 0 bridgehead atoms. The zero-order chi connectivity index (χ0) is 22.5. The maximum absolute atomic E-state index is 13.2. The molecule has 0 N–H and O–H groups in total. The van der Waals surface area contributed by atoms with Crippen LogP contribution in [0.3, 0.4) is 0 Å². The van der Waals surface area contributed by atoms with Crippen LogP contribution in [0.15, 0.2) is 30.6 Å². The largest absolute Gasteiger partial charge is 0.435 e. The normalized spacial score (nSPS) is 15.8. The van der Waals surface area contributed by atoms with E-state index < -0.39 is 11.9 Å². The Hall–Kier alpha value is -3.61. The molecule has 32 heavy (non-hydrogen) atoms. The SMILES string of the molecule is Cc1cc(C#N)cnc1N1CCc2ncc(N3CCCn4nc(C(F)(F)F)cc43)cc2C1. The number of hydrogen-bond acceptors (Lipinski definition) is 6. The molecule has 5 heterocycles. The molecule has 0 radical (unpaired) electrons. The van der Waals surface area contributed by atoms with Crippen molar-refractivity contribution in [2.45, 2.75) is 39.0 Å². The Bertz CT molecular complexity index is 1230. The van der Waals surface area contributed by atoms with Crippen LogP contribution < -0.4 is 9.80 Å². The van der Waals surface area contributed by atoms with E-state index >= 15 is 0 Å². The molecule has 3 aromatic rings. The van der Waals surface area contributed by atoms with E-state index in [4.69, 9.17) is 5.26 Å². The fraction of sp³-hybridized carbons (Fsp3) is 0.364. The Morgan fingerprint density at radius 2 is 1.91 bits per heavy atom. The van der Waals surface area contributed by atoms with Gasteiger partial charge < -0.3 is 9.80 Å². The van der Waals surface area contributed by atoms with Gasteiger partial charge in [0.25, 0.3) is 0 Å². The number of anilines is 3. The summed E-state index contributed by atoms with van der Waals surface area (Å²) in [6, 6.07) is 7.03. The van der Waals surface area contributed by atoms with Crippen molar-refractivity contribution >= 4 is 17.3 Å². The summed E-state index contributed by atoms with van der Waals surface area (Å²) < 4.78 is 41.0. The summed E-state index contributed by atoms with van der Waals surface area (Å²) in [5.74, 6) is 1.26. The van der Waals surface area contributed by atoms with Crippen molar-refractivity contribution in [3.8, 4) is 6.07 Å². The highest BCUT2D eigenvalue weighted by molar-refractivity contribution is 5.62. The van der Waals surface area contributed by atoms with Gasteiger partial charge in [0.15, 0.2) is 5.69 Å². The molecule has 0 aliphatic carbocycles.